The van der Waals surface area contributed by atoms with Crippen molar-refractivity contribution in [3.05, 3.63) is 36.2 Å². The number of hydrogen-bond donors (Lipinski definition) is 2. The Morgan fingerprint density at radius 2 is 2.26 bits per heavy atom. The molecule has 0 aliphatic heterocycles. The molecule has 0 radical (unpaired) electrons. The number of imidazole rings is 1. The Labute approximate surface area is 111 Å². The molecule has 3 N–H and O–H groups in total. The van der Waals surface area contributed by atoms with E-state index in [4.69, 9.17) is 10.5 Å². The van der Waals surface area contributed by atoms with Crippen LogP contribution in [0.3, 0.4) is 0 Å². The Kier molecular flexibility index (Phi) is 3.89. The minimum atomic E-state index is -0.457. The molecule has 0 saturated heterocycles. The van der Waals surface area contributed by atoms with Gasteiger partial charge in [0.1, 0.15) is 5.82 Å². The van der Waals surface area contributed by atoms with Gasteiger partial charge in [0, 0.05) is 31.6 Å². The highest BCUT2D eigenvalue weighted by Gasteiger charge is 2.09. The van der Waals surface area contributed by atoms with Crippen molar-refractivity contribution < 1.29 is 9.13 Å². The highest BCUT2D eigenvalue weighted by atomic mass is 19.1. The van der Waals surface area contributed by atoms with Crippen LogP contribution in [0.25, 0.3) is 0 Å². The number of anilines is 2. The highest BCUT2D eigenvalue weighted by molar-refractivity contribution is 5.68. The topological polar surface area (TPSA) is 65.1 Å². The molecule has 0 unspecified atom stereocenters. The summed E-state index contributed by atoms with van der Waals surface area (Å²) in [4.78, 5) is 4.19. The number of aryl methyl sites for hydroxylation is 1. The van der Waals surface area contributed by atoms with E-state index in [2.05, 4.69) is 10.3 Å². The van der Waals surface area contributed by atoms with Crippen molar-refractivity contribution in [2.24, 2.45) is 7.05 Å². The third kappa shape index (κ3) is 2.96. The molecule has 102 valence electrons. The third-order valence-corrected chi connectivity index (χ3v) is 2.76. The predicted octanol–water partition coefficient (Wildman–Crippen LogP) is 2.15. The molecule has 6 heteroatoms. The summed E-state index contributed by atoms with van der Waals surface area (Å²) in [6, 6.07) is 2.82. The van der Waals surface area contributed by atoms with E-state index in [0.717, 1.165) is 5.82 Å². The predicted molar refractivity (Wildman–Crippen MR) is 72.5 cm³/mol. The summed E-state index contributed by atoms with van der Waals surface area (Å²) in [5, 5.41) is 3.13. The van der Waals surface area contributed by atoms with Gasteiger partial charge in [-0.3, -0.25) is 0 Å². The summed E-state index contributed by atoms with van der Waals surface area (Å²) in [7, 11) is 1.91. The summed E-state index contributed by atoms with van der Waals surface area (Å²) >= 11 is 0. The van der Waals surface area contributed by atoms with Crippen LogP contribution in [0.4, 0.5) is 15.8 Å². The van der Waals surface area contributed by atoms with Crippen LogP contribution >= 0.6 is 0 Å². The molecule has 0 spiro atoms. The first kappa shape index (κ1) is 13.2. The lowest BCUT2D eigenvalue weighted by atomic mass is 10.2. The standard InChI is InChI=1S/C13H17FN4O/c1-3-19-12-7-11(10(15)6-9(12)14)17-8-13-16-4-5-18(13)2/h4-7,17H,3,8,15H2,1-2H3. The van der Waals surface area contributed by atoms with Crippen molar-refractivity contribution in [2.75, 3.05) is 17.7 Å². The van der Waals surface area contributed by atoms with Crippen LogP contribution in [0.15, 0.2) is 24.5 Å². The van der Waals surface area contributed by atoms with Gasteiger partial charge in [-0.2, -0.15) is 0 Å². The largest absolute Gasteiger partial charge is 0.491 e. The molecular weight excluding hydrogens is 247 g/mol. The summed E-state index contributed by atoms with van der Waals surface area (Å²) in [5.41, 5.74) is 6.75. The van der Waals surface area contributed by atoms with Crippen LogP contribution in [0.2, 0.25) is 0 Å². The number of nitrogens with two attached hydrogens (primary N) is 1. The highest BCUT2D eigenvalue weighted by Crippen LogP contribution is 2.28. The van der Waals surface area contributed by atoms with Gasteiger partial charge in [-0.05, 0) is 6.92 Å². The second-order valence-electron chi connectivity index (χ2n) is 4.11. The molecule has 1 aromatic heterocycles. The molecule has 19 heavy (non-hydrogen) atoms. The zero-order valence-corrected chi connectivity index (χ0v) is 11.0. The SMILES string of the molecule is CCOc1cc(NCc2nccn2C)c(N)cc1F. The van der Waals surface area contributed by atoms with Crippen molar-refractivity contribution >= 4 is 11.4 Å². The van der Waals surface area contributed by atoms with E-state index in [1.165, 1.54) is 6.07 Å². The number of rotatable bonds is 5. The van der Waals surface area contributed by atoms with Gasteiger partial charge < -0.3 is 20.4 Å². The van der Waals surface area contributed by atoms with Crippen LogP contribution in [-0.2, 0) is 13.6 Å². The number of hydrogen-bond acceptors (Lipinski definition) is 4. The van der Waals surface area contributed by atoms with Crippen LogP contribution in [0.1, 0.15) is 12.7 Å². The van der Waals surface area contributed by atoms with E-state index >= 15 is 0 Å². The maximum absolute atomic E-state index is 13.5. The summed E-state index contributed by atoms with van der Waals surface area (Å²) in [6.45, 7) is 2.71. The van der Waals surface area contributed by atoms with E-state index in [9.17, 15) is 4.39 Å². The van der Waals surface area contributed by atoms with Crippen molar-refractivity contribution in [2.45, 2.75) is 13.5 Å². The van der Waals surface area contributed by atoms with Gasteiger partial charge in [0.15, 0.2) is 11.6 Å². The Balaban J connectivity index is 2.15. The first-order valence-electron chi connectivity index (χ1n) is 6.03. The van der Waals surface area contributed by atoms with Gasteiger partial charge in [0.2, 0.25) is 0 Å². The van der Waals surface area contributed by atoms with Gasteiger partial charge in [-0.25, -0.2) is 9.37 Å². The summed E-state index contributed by atoms with van der Waals surface area (Å²) in [6.07, 6.45) is 3.58. The van der Waals surface area contributed by atoms with Crippen LogP contribution < -0.4 is 15.8 Å². The maximum Gasteiger partial charge on any atom is 0.167 e. The minimum Gasteiger partial charge on any atom is -0.491 e. The molecule has 1 aromatic carbocycles. The third-order valence-electron chi connectivity index (χ3n) is 2.76. The average molecular weight is 264 g/mol. The Morgan fingerprint density at radius 3 is 2.89 bits per heavy atom. The number of aromatic nitrogens is 2. The van der Waals surface area contributed by atoms with Crippen LogP contribution in [0, 0.1) is 5.82 Å². The number of halogens is 1. The van der Waals surface area contributed by atoms with Gasteiger partial charge in [-0.15, -0.1) is 0 Å². The zero-order chi connectivity index (χ0) is 13.8. The van der Waals surface area contributed by atoms with Crippen molar-refractivity contribution in [1.82, 2.24) is 9.55 Å². The molecule has 5 nitrogen and oxygen atoms in total. The van der Waals surface area contributed by atoms with Gasteiger partial charge in [0.25, 0.3) is 0 Å². The summed E-state index contributed by atoms with van der Waals surface area (Å²) < 4.78 is 20.6. The molecule has 0 atom stereocenters. The fourth-order valence-electron chi connectivity index (χ4n) is 1.73. The van der Waals surface area contributed by atoms with Gasteiger partial charge >= 0.3 is 0 Å². The van der Waals surface area contributed by atoms with Gasteiger partial charge in [-0.1, -0.05) is 0 Å². The van der Waals surface area contributed by atoms with E-state index in [1.807, 2.05) is 17.8 Å². The number of nitrogens with one attached hydrogen (secondary N) is 1. The average Bonchev–Trinajstić information content (AvgIpc) is 2.77. The number of nitrogen functional groups attached to an aromatic ring is 1. The van der Waals surface area contributed by atoms with E-state index in [0.29, 0.717) is 24.5 Å². The first-order chi connectivity index (χ1) is 9.11. The maximum atomic E-state index is 13.5. The molecular formula is C13H17FN4O. The lowest BCUT2D eigenvalue weighted by Gasteiger charge is -2.12. The molecule has 0 amide bonds. The number of benzene rings is 1. The second kappa shape index (κ2) is 5.60. The number of ether oxygens (including phenoxy) is 1. The molecule has 0 saturated carbocycles. The monoisotopic (exact) mass is 264 g/mol. The second-order valence-corrected chi connectivity index (χ2v) is 4.11. The van der Waals surface area contributed by atoms with Crippen molar-refractivity contribution in [3.63, 3.8) is 0 Å². The Morgan fingerprint density at radius 1 is 1.47 bits per heavy atom. The zero-order valence-electron chi connectivity index (χ0n) is 11.0. The fourth-order valence-corrected chi connectivity index (χ4v) is 1.73. The van der Waals surface area contributed by atoms with Gasteiger partial charge in [0.05, 0.1) is 24.5 Å². The van der Waals surface area contributed by atoms with Crippen molar-refractivity contribution in [1.29, 1.82) is 0 Å². The smallest absolute Gasteiger partial charge is 0.167 e. The molecule has 0 fully saturated rings. The lowest BCUT2D eigenvalue weighted by Crippen LogP contribution is -2.08. The molecule has 2 rings (SSSR count). The molecule has 0 aliphatic rings. The lowest BCUT2D eigenvalue weighted by molar-refractivity contribution is 0.322. The molecule has 2 aromatic rings. The van der Waals surface area contributed by atoms with Crippen LogP contribution in [0.5, 0.6) is 5.75 Å². The minimum absolute atomic E-state index is 0.194. The molecule has 0 aliphatic carbocycles. The number of nitrogens with zero attached hydrogens (tertiary/aromatic N) is 2. The Hall–Kier alpha value is -2.24. The fraction of sp³-hybridized carbons (Fsp3) is 0.308. The normalized spacial score (nSPS) is 10.5. The van der Waals surface area contributed by atoms with E-state index in [1.54, 1.807) is 19.2 Å². The first-order valence-corrected chi connectivity index (χ1v) is 6.03. The van der Waals surface area contributed by atoms with Crippen LogP contribution in [-0.4, -0.2) is 16.2 Å². The quantitative estimate of drug-likeness (QED) is 0.812. The molecule has 1 heterocycles. The summed E-state index contributed by atoms with van der Waals surface area (Å²) in [5.74, 6) is 0.600. The Bertz CT molecular complexity index is 568. The van der Waals surface area contributed by atoms with Crippen molar-refractivity contribution in [3.8, 4) is 5.75 Å². The van der Waals surface area contributed by atoms with E-state index in [-0.39, 0.29) is 5.75 Å². The molecule has 0 bridgehead atoms. The van der Waals surface area contributed by atoms with E-state index < -0.39 is 5.82 Å².